The molecule has 0 aliphatic carbocycles. The standard InChI is InChI=1S/C17H23N3O3/c1-2-23-14-7-5-13(6-8-14)15-4-3-11-19(15)12-20-16(21)9-10-18-17(20)22/h5-8,15H,2-4,9-12H2,1H3,(H,18,22)/p+1/t15-/m0/s1. The van der Waals surface area contributed by atoms with Crippen LogP contribution in [0.3, 0.4) is 0 Å². The van der Waals surface area contributed by atoms with Crippen molar-refractivity contribution in [3.05, 3.63) is 29.8 Å². The zero-order valence-electron chi connectivity index (χ0n) is 13.5. The Morgan fingerprint density at radius 2 is 2.09 bits per heavy atom. The number of nitrogens with one attached hydrogen (secondary N) is 2. The number of likely N-dealkylation sites (tertiary alicyclic amines) is 1. The molecule has 0 aromatic heterocycles. The minimum absolute atomic E-state index is 0.0707. The molecule has 3 rings (SSSR count). The van der Waals surface area contributed by atoms with E-state index < -0.39 is 0 Å². The van der Waals surface area contributed by atoms with Crippen LogP contribution in [0.2, 0.25) is 0 Å². The number of rotatable bonds is 5. The fourth-order valence-electron chi connectivity index (χ4n) is 3.45. The molecule has 2 aliphatic heterocycles. The number of benzene rings is 1. The molecule has 2 atom stereocenters. The Labute approximate surface area is 136 Å². The number of carbonyl (C=O) groups is 2. The molecule has 124 valence electrons. The van der Waals surface area contributed by atoms with Gasteiger partial charge in [0.15, 0.2) is 6.67 Å². The van der Waals surface area contributed by atoms with Crippen molar-refractivity contribution in [2.75, 3.05) is 26.4 Å². The highest BCUT2D eigenvalue weighted by atomic mass is 16.5. The first-order chi connectivity index (χ1) is 11.2. The minimum Gasteiger partial charge on any atom is -0.494 e. The second kappa shape index (κ2) is 7.00. The Morgan fingerprint density at radius 1 is 1.30 bits per heavy atom. The molecule has 3 amide bonds. The third kappa shape index (κ3) is 3.47. The molecule has 2 aliphatic rings. The van der Waals surface area contributed by atoms with Crippen molar-refractivity contribution in [2.45, 2.75) is 32.2 Å². The average molecular weight is 318 g/mol. The maximum Gasteiger partial charge on any atom is 0.328 e. The van der Waals surface area contributed by atoms with E-state index in [-0.39, 0.29) is 11.9 Å². The summed E-state index contributed by atoms with van der Waals surface area (Å²) in [5.74, 6) is 0.806. The Morgan fingerprint density at radius 3 is 2.78 bits per heavy atom. The van der Waals surface area contributed by atoms with Gasteiger partial charge in [-0.05, 0) is 31.2 Å². The number of ether oxygens (including phenoxy) is 1. The lowest BCUT2D eigenvalue weighted by atomic mass is 10.0. The van der Waals surface area contributed by atoms with Crippen LogP contribution in [0, 0.1) is 0 Å². The molecular formula is C17H24N3O3+. The molecule has 6 nitrogen and oxygen atoms in total. The van der Waals surface area contributed by atoms with Crippen LogP contribution in [-0.4, -0.2) is 43.2 Å². The molecule has 2 heterocycles. The van der Waals surface area contributed by atoms with Gasteiger partial charge in [-0.3, -0.25) is 4.79 Å². The molecule has 1 aromatic rings. The number of nitrogens with zero attached hydrogens (tertiary/aromatic N) is 1. The van der Waals surface area contributed by atoms with Gasteiger partial charge in [0, 0.05) is 31.4 Å². The topological polar surface area (TPSA) is 63.1 Å². The number of carbonyl (C=O) groups excluding carboxylic acids is 2. The van der Waals surface area contributed by atoms with Crippen molar-refractivity contribution in [1.29, 1.82) is 0 Å². The summed E-state index contributed by atoms with van der Waals surface area (Å²) in [6, 6.07) is 8.25. The smallest absolute Gasteiger partial charge is 0.328 e. The highest BCUT2D eigenvalue weighted by Gasteiger charge is 2.35. The molecule has 6 heteroatoms. The van der Waals surface area contributed by atoms with Crippen LogP contribution in [0.25, 0.3) is 0 Å². The number of imide groups is 1. The van der Waals surface area contributed by atoms with Gasteiger partial charge in [-0.25, -0.2) is 9.69 Å². The van der Waals surface area contributed by atoms with E-state index in [2.05, 4.69) is 17.4 Å². The van der Waals surface area contributed by atoms with Gasteiger partial charge in [-0.2, -0.15) is 0 Å². The summed E-state index contributed by atoms with van der Waals surface area (Å²) in [5.41, 5.74) is 1.24. The van der Waals surface area contributed by atoms with Gasteiger partial charge in [-0.15, -0.1) is 0 Å². The van der Waals surface area contributed by atoms with Crippen LogP contribution in [0.4, 0.5) is 4.79 Å². The van der Waals surface area contributed by atoms with Gasteiger partial charge in [0.1, 0.15) is 11.8 Å². The fourth-order valence-corrected chi connectivity index (χ4v) is 3.45. The SMILES string of the molecule is CCOc1ccc([C@@H]2CCC[NH+]2CN2C(=O)CCNC2=O)cc1. The van der Waals surface area contributed by atoms with Crippen molar-refractivity contribution in [3.8, 4) is 5.75 Å². The van der Waals surface area contributed by atoms with Crippen molar-refractivity contribution in [3.63, 3.8) is 0 Å². The van der Waals surface area contributed by atoms with Gasteiger partial charge in [0.05, 0.1) is 13.2 Å². The highest BCUT2D eigenvalue weighted by Crippen LogP contribution is 2.22. The van der Waals surface area contributed by atoms with Crippen LogP contribution in [0.1, 0.15) is 37.8 Å². The Hall–Kier alpha value is -2.08. The summed E-state index contributed by atoms with van der Waals surface area (Å²) in [4.78, 5) is 26.5. The van der Waals surface area contributed by atoms with Crippen molar-refractivity contribution in [2.24, 2.45) is 0 Å². The third-order valence-corrected chi connectivity index (χ3v) is 4.60. The number of urea groups is 1. The maximum atomic E-state index is 12.0. The van der Waals surface area contributed by atoms with Crippen LogP contribution in [0.5, 0.6) is 5.75 Å². The van der Waals surface area contributed by atoms with E-state index in [0.29, 0.717) is 32.3 Å². The number of quaternary nitrogens is 1. The lowest BCUT2D eigenvalue weighted by molar-refractivity contribution is -0.925. The molecule has 2 fully saturated rings. The fraction of sp³-hybridized carbons (Fsp3) is 0.529. The number of amides is 3. The van der Waals surface area contributed by atoms with Gasteiger partial charge >= 0.3 is 6.03 Å². The van der Waals surface area contributed by atoms with Crippen LogP contribution in [0.15, 0.2) is 24.3 Å². The Kier molecular flexibility index (Phi) is 4.81. The molecule has 23 heavy (non-hydrogen) atoms. The first kappa shape index (κ1) is 15.8. The van der Waals surface area contributed by atoms with Gasteiger partial charge < -0.3 is 15.0 Å². The summed E-state index contributed by atoms with van der Waals surface area (Å²) < 4.78 is 5.49. The highest BCUT2D eigenvalue weighted by molar-refractivity contribution is 5.96. The normalized spacial score (nSPS) is 24.7. The van der Waals surface area contributed by atoms with E-state index in [0.717, 1.165) is 25.1 Å². The van der Waals surface area contributed by atoms with Crippen LogP contribution in [-0.2, 0) is 4.79 Å². The maximum absolute atomic E-state index is 12.0. The molecule has 2 saturated heterocycles. The monoisotopic (exact) mass is 318 g/mol. The van der Waals surface area contributed by atoms with E-state index in [9.17, 15) is 9.59 Å². The molecule has 0 spiro atoms. The van der Waals surface area contributed by atoms with Crippen molar-refractivity contribution < 1.29 is 19.2 Å². The largest absolute Gasteiger partial charge is 0.494 e. The predicted molar refractivity (Wildman–Crippen MR) is 85.1 cm³/mol. The summed E-state index contributed by atoms with van der Waals surface area (Å²) >= 11 is 0. The number of hydrogen-bond acceptors (Lipinski definition) is 3. The second-order valence-corrected chi connectivity index (χ2v) is 6.07. The van der Waals surface area contributed by atoms with Crippen LogP contribution >= 0.6 is 0 Å². The zero-order valence-corrected chi connectivity index (χ0v) is 13.5. The average Bonchev–Trinajstić information content (AvgIpc) is 3.00. The third-order valence-electron chi connectivity index (χ3n) is 4.60. The molecule has 1 aromatic carbocycles. The van der Waals surface area contributed by atoms with E-state index in [4.69, 9.17) is 4.74 Å². The number of hydrogen-bond donors (Lipinski definition) is 2. The van der Waals surface area contributed by atoms with Gasteiger partial charge in [0.2, 0.25) is 5.91 Å². The second-order valence-electron chi connectivity index (χ2n) is 6.07. The summed E-state index contributed by atoms with van der Waals surface area (Å²) in [5, 5.41) is 2.75. The van der Waals surface area contributed by atoms with Crippen molar-refractivity contribution >= 4 is 11.9 Å². The molecule has 0 bridgehead atoms. The molecular weight excluding hydrogens is 294 g/mol. The molecule has 0 saturated carbocycles. The molecule has 2 N–H and O–H groups in total. The predicted octanol–water partition coefficient (Wildman–Crippen LogP) is 0.705. The van der Waals surface area contributed by atoms with Crippen LogP contribution < -0.4 is 15.0 Å². The van der Waals surface area contributed by atoms with E-state index in [1.54, 1.807) is 0 Å². The summed E-state index contributed by atoms with van der Waals surface area (Å²) in [6.45, 7) is 4.51. The van der Waals surface area contributed by atoms with Gasteiger partial charge in [-0.1, -0.05) is 0 Å². The summed E-state index contributed by atoms with van der Waals surface area (Å²) in [6.07, 6.45) is 2.58. The molecule has 0 radical (unpaired) electrons. The lowest BCUT2D eigenvalue weighted by Gasteiger charge is -2.30. The lowest BCUT2D eigenvalue weighted by Crippen LogP contribution is -3.12. The van der Waals surface area contributed by atoms with E-state index >= 15 is 0 Å². The Balaban J connectivity index is 1.69. The summed E-state index contributed by atoms with van der Waals surface area (Å²) in [7, 11) is 0. The van der Waals surface area contributed by atoms with Gasteiger partial charge in [0.25, 0.3) is 0 Å². The molecule has 1 unspecified atom stereocenters. The zero-order chi connectivity index (χ0) is 16.2. The first-order valence-corrected chi connectivity index (χ1v) is 8.34. The Bertz CT molecular complexity index is 557. The van der Waals surface area contributed by atoms with Crippen molar-refractivity contribution in [1.82, 2.24) is 10.2 Å². The van der Waals surface area contributed by atoms with E-state index in [1.807, 2.05) is 19.1 Å². The minimum atomic E-state index is -0.258. The first-order valence-electron chi connectivity index (χ1n) is 8.34. The quantitative estimate of drug-likeness (QED) is 0.840. The van der Waals surface area contributed by atoms with E-state index in [1.165, 1.54) is 15.4 Å².